The third-order valence-electron chi connectivity index (χ3n) is 3.21. The standard InChI is InChI=1S/C13H21BrN2O/c1-9(8-17)16(4)13-6-5-11(7-12(13)14)10(2)15-3/h5-7,9-10,15,17H,8H2,1-4H3. The number of anilines is 1. The van der Waals surface area contributed by atoms with Gasteiger partial charge in [0.2, 0.25) is 0 Å². The molecule has 0 aliphatic rings. The topological polar surface area (TPSA) is 35.5 Å². The number of halogens is 1. The second kappa shape index (κ2) is 6.38. The molecule has 0 bridgehead atoms. The Balaban J connectivity index is 2.97. The molecule has 2 atom stereocenters. The van der Waals surface area contributed by atoms with Crippen molar-refractivity contribution in [2.75, 3.05) is 25.6 Å². The average Bonchev–Trinajstić information content (AvgIpc) is 2.35. The third-order valence-corrected chi connectivity index (χ3v) is 3.85. The first kappa shape index (κ1) is 14.5. The zero-order valence-electron chi connectivity index (χ0n) is 10.9. The van der Waals surface area contributed by atoms with Crippen molar-refractivity contribution in [1.82, 2.24) is 5.32 Å². The van der Waals surface area contributed by atoms with E-state index in [-0.39, 0.29) is 12.6 Å². The Morgan fingerprint density at radius 1 is 1.41 bits per heavy atom. The van der Waals surface area contributed by atoms with Crippen LogP contribution in [0.15, 0.2) is 22.7 Å². The quantitative estimate of drug-likeness (QED) is 0.877. The highest BCUT2D eigenvalue weighted by atomic mass is 79.9. The maximum absolute atomic E-state index is 9.17. The molecule has 0 radical (unpaired) electrons. The van der Waals surface area contributed by atoms with Gasteiger partial charge in [0.1, 0.15) is 0 Å². The minimum Gasteiger partial charge on any atom is -0.394 e. The van der Waals surface area contributed by atoms with Gasteiger partial charge in [-0.3, -0.25) is 0 Å². The number of hydrogen-bond donors (Lipinski definition) is 2. The van der Waals surface area contributed by atoms with Gasteiger partial charge in [-0.15, -0.1) is 0 Å². The minimum atomic E-state index is 0.110. The number of likely N-dealkylation sites (N-methyl/N-ethyl adjacent to an activating group) is 1. The number of aliphatic hydroxyl groups excluding tert-OH is 1. The fourth-order valence-electron chi connectivity index (χ4n) is 1.61. The molecule has 1 rings (SSSR count). The van der Waals surface area contributed by atoms with Crippen LogP contribution >= 0.6 is 15.9 Å². The van der Waals surface area contributed by atoms with E-state index >= 15 is 0 Å². The van der Waals surface area contributed by atoms with Crippen molar-refractivity contribution < 1.29 is 5.11 Å². The van der Waals surface area contributed by atoms with Gasteiger partial charge in [-0.1, -0.05) is 6.07 Å². The van der Waals surface area contributed by atoms with Gasteiger partial charge in [0.15, 0.2) is 0 Å². The van der Waals surface area contributed by atoms with E-state index in [1.165, 1.54) is 5.56 Å². The lowest BCUT2D eigenvalue weighted by Crippen LogP contribution is -2.32. The summed E-state index contributed by atoms with van der Waals surface area (Å²) in [5.41, 5.74) is 2.34. The maximum Gasteiger partial charge on any atom is 0.0632 e. The highest BCUT2D eigenvalue weighted by Gasteiger charge is 2.13. The van der Waals surface area contributed by atoms with Crippen LogP contribution in [0.2, 0.25) is 0 Å². The van der Waals surface area contributed by atoms with E-state index in [0.29, 0.717) is 6.04 Å². The second-order valence-electron chi connectivity index (χ2n) is 4.36. The molecule has 4 heteroatoms. The van der Waals surface area contributed by atoms with Gasteiger partial charge in [0.05, 0.1) is 12.3 Å². The number of benzene rings is 1. The van der Waals surface area contributed by atoms with Crippen LogP contribution in [-0.2, 0) is 0 Å². The van der Waals surface area contributed by atoms with Gasteiger partial charge in [-0.25, -0.2) is 0 Å². The lowest BCUT2D eigenvalue weighted by Gasteiger charge is -2.27. The summed E-state index contributed by atoms with van der Waals surface area (Å²) >= 11 is 3.59. The predicted molar refractivity (Wildman–Crippen MR) is 76.6 cm³/mol. The zero-order chi connectivity index (χ0) is 13.0. The summed E-state index contributed by atoms with van der Waals surface area (Å²) in [6.07, 6.45) is 0. The SMILES string of the molecule is CNC(C)c1ccc(N(C)C(C)CO)c(Br)c1. The molecule has 0 saturated carbocycles. The maximum atomic E-state index is 9.17. The second-order valence-corrected chi connectivity index (χ2v) is 5.22. The van der Waals surface area contributed by atoms with E-state index in [1.54, 1.807) is 0 Å². The van der Waals surface area contributed by atoms with E-state index in [1.807, 2.05) is 21.0 Å². The van der Waals surface area contributed by atoms with Crippen LogP contribution in [0.4, 0.5) is 5.69 Å². The summed E-state index contributed by atoms with van der Waals surface area (Å²) in [7, 11) is 3.94. The summed E-state index contributed by atoms with van der Waals surface area (Å²) in [5, 5.41) is 12.4. The molecule has 0 aromatic heterocycles. The zero-order valence-corrected chi connectivity index (χ0v) is 12.5. The van der Waals surface area contributed by atoms with Crippen molar-refractivity contribution in [2.45, 2.75) is 25.9 Å². The summed E-state index contributed by atoms with van der Waals surface area (Å²) in [6, 6.07) is 6.76. The summed E-state index contributed by atoms with van der Waals surface area (Å²) in [5.74, 6) is 0. The van der Waals surface area contributed by atoms with Gasteiger partial charge in [-0.2, -0.15) is 0 Å². The molecule has 0 amide bonds. The number of hydrogen-bond acceptors (Lipinski definition) is 3. The predicted octanol–water partition coefficient (Wildman–Crippen LogP) is 2.55. The Kier molecular flexibility index (Phi) is 5.43. The average molecular weight is 301 g/mol. The Labute approximate surface area is 112 Å². The molecule has 0 spiro atoms. The molecular formula is C13H21BrN2O. The lowest BCUT2D eigenvalue weighted by atomic mass is 10.1. The first-order chi connectivity index (χ1) is 8.01. The van der Waals surface area contributed by atoms with E-state index in [0.717, 1.165) is 10.2 Å². The number of aliphatic hydroxyl groups is 1. The molecule has 0 heterocycles. The minimum absolute atomic E-state index is 0.110. The van der Waals surface area contributed by atoms with Gasteiger partial charge in [0.25, 0.3) is 0 Å². The van der Waals surface area contributed by atoms with Crippen molar-refractivity contribution in [2.24, 2.45) is 0 Å². The Morgan fingerprint density at radius 2 is 2.06 bits per heavy atom. The lowest BCUT2D eigenvalue weighted by molar-refractivity contribution is 0.270. The van der Waals surface area contributed by atoms with Gasteiger partial charge < -0.3 is 15.3 Å². The summed E-state index contributed by atoms with van der Waals surface area (Å²) in [4.78, 5) is 2.07. The monoisotopic (exact) mass is 300 g/mol. The molecule has 0 aliphatic heterocycles. The van der Waals surface area contributed by atoms with Crippen molar-refractivity contribution in [3.63, 3.8) is 0 Å². The van der Waals surface area contributed by atoms with Crippen molar-refractivity contribution in [3.8, 4) is 0 Å². The van der Waals surface area contributed by atoms with Crippen molar-refractivity contribution >= 4 is 21.6 Å². The molecule has 0 saturated heterocycles. The van der Waals surface area contributed by atoms with Gasteiger partial charge >= 0.3 is 0 Å². The molecule has 96 valence electrons. The fourth-order valence-corrected chi connectivity index (χ4v) is 2.28. The van der Waals surface area contributed by atoms with Crippen LogP contribution in [0.1, 0.15) is 25.5 Å². The molecular weight excluding hydrogens is 280 g/mol. The van der Waals surface area contributed by atoms with Crippen molar-refractivity contribution in [3.05, 3.63) is 28.2 Å². The van der Waals surface area contributed by atoms with Crippen LogP contribution < -0.4 is 10.2 Å². The van der Waals surface area contributed by atoms with E-state index < -0.39 is 0 Å². The molecule has 0 aliphatic carbocycles. The largest absolute Gasteiger partial charge is 0.394 e. The normalized spacial score (nSPS) is 14.5. The molecule has 3 nitrogen and oxygen atoms in total. The van der Waals surface area contributed by atoms with Gasteiger partial charge in [0, 0.05) is 23.6 Å². The Bertz CT molecular complexity index is 370. The molecule has 1 aromatic carbocycles. The summed E-state index contributed by atoms with van der Waals surface area (Å²) in [6.45, 7) is 4.27. The third kappa shape index (κ3) is 3.44. The van der Waals surface area contributed by atoms with Crippen LogP contribution in [0.3, 0.4) is 0 Å². The van der Waals surface area contributed by atoms with Crippen LogP contribution in [0.5, 0.6) is 0 Å². The van der Waals surface area contributed by atoms with Gasteiger partial charge in [-0.05, 0) is 54.5 Å². The fraction of sp³-hybridized carbons (Fsp3) is 0.538. The Hall–Kier alpha value is -0.580. The first-order valence-corrected chi connectivity index (χ1v) is 6.61. The van der Waals surface area contributed by atoms with Crippen LogP contribution in [0, 0.1) is 0 Å². The van der Waals surface area contributed by atoms with E-state index in [4.69, 9.17) is 0 Å². The highest BCUT2D eigenvalue weighted by molar-refractivity contribution is 9.10. The molecule has 2 unspecified atom stereocenters. The van der Waals surface area contributed by atoms with Crippen LogP contribution in [-0.4, -0.2) is 31.9 Å². The smallest absolute Gasteiger partial charge is 0.0632 e. The number of nitrogens with zero attached hydrogens (tertiary/aromatic N) is 1. The van der Waals surface area contributed by atoms with E-state index in [9.17, 15) is 5.11 Å². The Morgan fingerprint density at radius 3 is 2.53 bits per heavy atom. The summed E-state index contributed by atoms with van der Waals surface area (Å²) < 4.78 is 1.06. The molecule has 0 fully saturated rings. The van der Waals surface area contributed by atoms with Crippen LogP contribution in [0.25, 0.3) is 0 Å². The molecule has 2 N–H and O–H groups in total. The van der Waals surface area contributed by atoms with E-state index in [2.05, 4.69) is 51.3 Å². The number of rotatable bonds is 5. The number of nitrogens with one attached hydrogen (secondary N) is 1. The molecule has 1 aromatic rings. The molecule has 17 heavy (non-hydrogen) atoms. The first-order valence-electron chi connectivity index (χ1n) is 5.81. The highest BCUT2D eigenvalue weighted by Crippen LogP contribution is 2.29. The van der Waals surface area contributed by atoms with Crippen molar-refractivity contribution in [1.29, 1.82) is 0 Å².